The van der Waals surface area contributed by atoms with Crippen molar-refractivity contribution in [1.82, 2.24) is 0 Å². The fourth-order valence-corrected chi connectivity index (χ4v) is 8.49. The number of aliphatic imine (C=N–C) groups is 1. The molecule has 5 heterocycles. The number of benzene rings is 3. The molecule has 1 unspecified atom stereocenters. The first-order valence-electron chi connectivity index (χ1n) is 19.5. The van der Waals surface area contributed by atoms with Crippen molar-refractivity contribution in [3.63, 3.8) is 0 Å². The molecule has 0 bridgehead atoms. The molecule has 5 aliphatic heterocycles. The molecule has 8 rings (SSSR count). The highest BCUT2D eigenvalue weighted by atomic mass is 16.7. The fraction of sp³-hybridized carbons (Fsp3) is 0.405. The highest BCUT2D eigenvalue weighted by molar-refractivity contribution is 5.90. The van der Waals surface area contributed by atoms with Crippen LogP contribution in [0.5, 0.6) is 28.7 Å². The van der Waals surface area contributed by atoms with Crippen LogP contribution in [-0.4, -0.2) is 120 Å². The Morgan fingerprint density at radius 1 is 1.03 bits per heavy atom. The number of nitrogens with one attached hydrogen (secondary N) is 1. The third-order valence-electron chi connectivity index (χ3n) is 11.2. The molecule has 10 N–H and O–H groups in total. The van der Waals surface area contributed by atoms with Crippen molar-refractivity contribution in [2.75, 3.05) is 26.9 Å². The van der Waals surface area contributed by atoms with Gasteiger partial charge in [0, 0.05) is 41.0 Å². The van der Waals surface area contributed by atoms with Gasteiger partial charge in [-0.15, -0.1) is 0 Å². The zero-order valence-electron chi connectivity index (χ0n) is 32.5. The van der Waals surface area contributed by atoms with Crippen molar-refractivity contribution in [3.05, 3.63) is 100 Å². The Kier molecular flexibility index (Phi) is 11.8. The number of hydrogen-bond acceptors (Lipinski definition) is 16. The Morgan fingerprint density at radius 3 is 2.55 bits per heavy atom. The number of quaternary nitrogens is 1. The maximum Gasteiger partial charge on any atom is 0.317 e. The molecule has 18 heteroatoms. The standard InChI is InChI=1S/C42H46N4O14/c1-54-26-8-7-24-32-27(13-20-5-3-2-4-6-20)57-28-15-23(56-42-35(53)33(51)34(52)39(60-42)40(41(43)44)58-30(50)16-29(48)49)14-22(18-46-17-21-9-10-45-25(21)19-46)31(28)38(32)59-36(24)37(26)55-12-11-47/h2-10,14-15,19,27,32-35,38-42,47,51-53H,11-13,16-18,43-44H2,1H3,(H,48,49)/p+1/t27-,32+,33-,34-,35+,38-,39-,40-,42+/m0/s1. The second-order valence-electron chi connectivity index (χ2n) is 15.2. The SMILES string of the molecule is COc1ccc2c(c1OCCO)O[C@H]1c3c(C[NH+]4C=C5N=CC=C5C4)cc(O[C@@H]4O[C@H]([C@H](OC(=O)CC(=O)O)C(N)N)[C@@H](O)[C@H](O)[C@H]4O)cc3O[C@@H](Cc3ccccc3)[C@@H]21. The maximum absolute atomic E-state index is 12.3. The van der Waals surface area contributed by atoms with Gasteiger partial charge >= 0.3 is 11.9 Å². The van der Waals surface area contributed by atoms with E-state index in [0.29, 0.717) is 42.5 Å². The second-order valence-corrected chi connectivity index (χ2v) is 15.2. The third-order valence-corrected chi connectivity index (χ3v) is 11.2. The van der Waals surface area contributed by atoms with Gasteiger partial charge in [-0.2, -0.15) is 0 Å². The van der Waals surface area contributed by atoms with Crippen molar-refractivity contribution in [2.45, 2.75) is 80.5 Å². The van der Waals surface area contributed by atoms with Crippen LogP contribution in [0.1, 0.15) is 40.7 Å². The summed E-state index contributed by atoms with van der Waals surface area (Å²) in [4.78, 5) is 29.0. The van der Waals surface area contributed by atoms with Crippen LogP contribution in [-0.2, 0) is 32.0 Å². The van der Waals surface area contributed by atoms with Gasteiger partial charge in [0.25, 0.3) is 0 Å². The number of nitrogens with two attached hydrogens (primary N) is 2. The molecule has 0 aliphatic carbocycles. The van der Waals surface area contributed by atoms with Gasteiger partial charge in [0.15, 0.2) is 17.6 Å². The summed E-state index contributed by atoms with van der Waals surface area (Å²) >= 11 is 0. The number of fused-ring (bicyclic) bond motifs is 6. The lowest BCUT2D eigenvalue weighted by Gasteiger charge is -2.43. The van der Waals surface area contributed by atoms with Gasteiger partial charge < -0.3 is 70.2 Å². The molecular weight excluding hydrogens is 784 g/mol. The van der Waals surface area contributed by atoms with Crippen LogP contribution in [0.2, 0.25) is 0 Å². The van der Waals surface area contributed by atoms with E-state index in [2.05, 4.69) is 4.99 Å². The van der Waals surface area contributed by atoms with E-state index in [-0.39, 0.29) is 24.9 Å². The van der Waals surface area contributed by atoms with Gasteiger partial charge in [0.2, 0.25) is 12.0 Å². The maximum atomic E-state index is 12.3. The predicted octanol–water partition coefficient (Wildman–Crippen LogP) is -0.646. The first-order chi connectivity index (χ1) is 28.9. The Balaban J connectivity index is 1.19. The van der Waals surface area contributed by atoms with E-state index in [9.17, 15) is 30.0 Å². The molecule has 0 spiro atoms. The minimum atomic E-state index is -1.89. The van der Waals surface area contributed by atoms with Crippen LogP contribution >= 0.6 is 0 Å². The molecule has 0 aromatic heterocycles. The average Bonchev–Trinajstić information content (AvgIpc) is 3.93. The number of aliphatic hydroxyl groups is 4. The molecule has 10 atom stereocenters. The molecule has 1 saturated heterocycles. The molecule has 60 heavy (non-hydrogen) atoms. The zero-order chi connectivity index (χ0) is 42.2. The number of aliphatic carboxylic acids is 1. The Labute approximate surface area is 343 Å². The number of methoxy groups -OCH3 is 1. The van der Waals surface area contributed by atoms with E-state index in [1.807, 2.05) is 48.7 Å². The van der Waals surface area contributed by atoms with Crippen molar-refractivity contribution in [1.29, 1.82) is 0 Å². The Hall–Kier alpha value is -5.57. The minimum Gasteiger partial charge on any atom is -0.493 e. The van der Waals surface area contributed by atoms with E-state index < -0.39 is 73.5 Å². The summed E-state index contributed by atoms with van der Waals surface area (Å²) in [6, 6.07) is 17.0. The number of carbonyl (C=O) groups is 2. The van der Waals surface area contributed by atoms with E-state index in [4.69, 9.17) is 49.7 Å². The number of carboxylic acids is 1. The number of aliphatic hydroxyl groups excluding tert-OH is 4. The molecule has 0 amide bonds. The number of allylic oxidation sites excluding steroid dienone is 1. The first kappa shape index (κ1) is 41.2. The number of carboxylic acid groups (broad SMARTS) is 1. The quantitative estimate of drug-likeness (QED) is 0.0538. The fourth-order valence-electron chi connectivity index (χ4n) is 8.49. The highest BCUT2D eigenvalue weighted by Gasteiger charge is 2.52. The van der Waals surface area contributed by atoms with E-state index in [1.165, 1.54) is 7.11 Å². The normalized spacial score (nSPS) is 27.6. The number of hydrogen-bond donors (Lipinski definition) is 8. The van der Waals surface area contributed by atoms with E-state index in [1.54, 1.807) is 24.4 Å². The number of ether oxygens (including phenoxy) is 7. The first-order valence-corrected chi connectivity index (χ1v) is 19.5. The van der Waals surface area contributed by atoms with E-state index in [0.717, 1.165) is 38.4 Å². The van der Waals surface area contributed by atoms with Gasteiger partial charge in [-0.25, -0.2) is 0 Å². The van der Waals surface area contributed by atoms with Crippen LogP contribution in [0.4, 0.5) is 0 Å². The highest BCUT2D eigenvalue weighted by Crippen LogP contribution is 2.59. The van der Waals surface area contributed by atoms with Gasteiger partial charge in [0.05, 0.1) is 25.8 Å². The molecular formula is C42H47N4O14+. The Morgan fingerprint density at radius 2 is 1.83 bits per heavy atom. The summed E-state index contributed by atoms with van der Waals surface area (Å²) in [6.07, 6.45) is -7.92. The number of esters is 1. The summed E-state index contributed by atoms with van der Waals surface area (Å²) in [5, 5.41) is 51.9. The van der Waals surface area contributed by atoms with E-state index >= 15 is 0 Å². The van der Waals surface area contributed by atoms with Crippen LogP contribution < -0.4 is 40.1 Å². The van der Waals surface area contributed by atoms with Gasteiger partial charge in [-0.1, -0.05) is 36.4 Å². The monoisotopic (exact) mass is 831 g/mol. The number of nitrogens with zero attached hydrogens (tertiary/aromatic N) is 1. The van der Waals surface area contributed by atoms with Crippen molar-refractivity contribution < 1.29 is 73.2 Å². The van der Waals surface area contributed by atoms with Gasteiger partial charge in [-0.3, -0.25) is 19.5 Å². The molecule has 0 saturated carbocycles. The summed E-state index contributed by atoms with van der Waals surface area (Å²) in [7, 11) is 1.53. The molecule has 5 aliphatic rings. The predicted molar refractivity (Wildman–Crippen MR) is 208 cm³/mol. The summed E-state index contributed by atoms with van der Waals surface area (Å²) < 4.78 is 43.0. The van der Waals surface area contributed by atoms with Crippen LogP contribution in [0, 0.1) is 0 Å². The average molecular weight is 832 g/mol. The molecule has 0 radical (unpaired) electrons. The minimum absolute atomic E-state index is 0.00765. The number of rotatable bonds is 15. The molecule has 318 valence electrons. The summed E-state index contributed by atoms with van der Waals surface area (Å²) in [6.45, 7) is 0.837. The van der Waals surface area contributed by atoms with Gasteiger partial charge in [-0.05, 0) is 23.8 Å². The van der Waals surface area contributed by atoms with Gasteiger partial charge in [0.1, 0.15) is 86.1 Å². The largest absolute Gasteiger partial charge is 0.493 e. The van der Waals surface area contributed by atoms with Crippen LogP contribution in [0.3, 0.4) is 0 Å². The lowest BCUT2D eigenvalue weighted by Crippen LogP contribution is -3.04. The Bertz CT molecular complexity index is 2200. The van der Waals surface area contributed by atoms with Crippen molar-refractivity contribution in [2.24, 2.45) is 16.5 Å². The zero-order valence-corrected chi connectivity index (χ0v) is 32.5. The topological polar surface area (TPSA) is 269 Å². The third kappa shape index (κ3) is 8.03. The molecule has 3 aromatic rings. The molecule has 1 fully saturated rings. The molecule has 3 aromatic carbocycles. The summed E-state index contributed by atoms with van der Waals surface area (Å²) in [5.41, 5.74) is 17.1. The van der Waals surface area contributed by atoms with Crippen molar-refractivity contribution in [3.8, 4) is 28.7 Å². The van der Waals surface area contributed by atoms with Crippen molar-refractivity contribution >= 4 is 18.2 Å². The van der Waals surface area contributed by atoms with Crippen LogP contribution in [0.25, 0.3) is 0 Å². The van der Waals surface area contributed by atoms with Crippen LogP contribution in [0.15, 0.2) is 83.1 Å². The number of carbonyl (C=O) groups excluding carboxylic acids is 1. The lowest BCUT2D eigenvalue weighted by atomic mass is 9.80. The smallest absolute Gasteiger partial charge is 0.317 e. The summed E-state index contributed by atoms with van der Waals surface area (Å²) in [5.74, 6) is -1.20. The lowest BCUT2D eigenvalue weighted by molar-refractivity contribution is -0.851. The molecule has 18 nitrogen and oxygen atoms in total. The second kappa shape index (κ2) is 17.2.